The van der Waals surface area contributed by atoms with Crippen molar-refractivity contribution in [3.8, 4) is 5.75 Å². The highest BCUT2D eigenvalue weighted by molar-refractivity contribution is 6.10. The van der Waals surface area contributed by atoms with Gasteiger partial charge in [-0.15, -0.1) is 0 Å². The molecule has 7 rings (SSSR count). The summed E-state index contributed by atoms with van der Waals surface area (Å²) < 4.78 is 5.41. The van der Waals surface area contributed by atoms with E-state index in [0.29, 0.717) is 42.4 Å². The number of methoxy groups -OCH3 is 1. The molecule has 1 aromatic heterocycles. The lowest BCUT2D eigenvalue weighted by Crippen LogP contribution is -2.34. The summed E-state index contributed by atoms with van der Waals surface area (Å²) in [5, 5.41) is 0.924. The van der Waals surface area contributed by atoms with Gasteiger partial charge in [0.25, 0.3) is 5.91 Å². The number of fused-ring (bicyclic) bond motifs is 4. The Hall–Kier alpha value is -4.07. The molecule has 3 amide bonds. The van der Waals surface area contributed by atoms with Gasteiger partial charge in [0, 0.05) is 52.4 Å². The maximum absolute atomic E-state index is 13.7. The van der Waals surface area contributed by atoms with Crippen LogP contribution in [0.1, 0.15) is 38.4 Å². The van der Waals surface area contributed by atoms with E-state index in [9.17, 15) is 14.4 Å². The second kappa shape index (κ2) is 6.28. The number of anilines is 1. The summed E-state index contributed by atoms with van der Waals surface area (Å²) >= 11 is 0. The van der Waals surface area contributed by atoms with E-state index in [1.165, 1.54) is 0 Å². The normalized spacial score (nSPS) is 23.9. The van der Waals surface area contributed by atoms with Crippen molar-refractivity contribution >= 4 is 34.3 Å². The first-order chi connectivity index (χ1) is 16.4. The van der Waals surface area contributed by atoms with E-state index in [1.807, 2.05) is 36.4 Å². The molecule has 3 heterocycles. The van der Waals surface area contributed by atoms with Gasteiger partial charge in [0.05, 0.1) is 7.11 Å². The molecule has 8 nitrogen and oxygen atoms in total. The van der Waals surface area contributed by atoms with E-state index in [2.05, 4.69) is 4.98 Å². The first-order valence-corrected chi connectivity index (χ1v) is 11.4. The summed E-state index contributed by atoms with van der Waals surface area (Å²) in [6, 6.07) is 10.7. The highest BCUT2D eigenvalue weighted by Gasteiger charge is 2.67. The van der Waals surface area contributed by atoms with Gasteiger partial charge >= 0.3 is 6.03 Å². The lowest BCUT2D eigenvalue weighted by Gasteiger charge is -2.29. The SMILES string of the molecule is COc1ccc2c(c1)C13C[C@@H]1CN(C(=O)c1cc4c5c(ccc4[nH]1)N(C(N)=O)CC5)C3=CC2=O. The van der Waals surface area contributed by atoms with Crippen molar-refractivity contribution in [1.29, 1.82) is 0 Å². The van der Waals surface area contributed by atoms with Crippen molar-refractivity contribution in [1.82, 2.24) is 9.88 Å². The Morgan fingerprint density at radius 3 is 2.82 bits per heavy atom. The fourth-order valence-electron chi connectivity index (χ4n) is 6.33. The predicted octanol–water partition coefficient (Wildman–Crippen LogP) is 3.11. The van der Waals surface area contributed by atoms with E-state index in [0.717, 1.165) is 39.8 Å². The molecular formula is C26H22N4O4. The number of allylic oxidation sites excluding steroid dienone is 2. The number of aromatic nitrogens is 1. The predicted molar refractivity (Wildman–Crippen MR) is 125 cm³/mol. The minimum atomic E-state index is -0.475. The maximum Gasteiger partial charge on any atom is 0.319 e. The van der Waals surface area contributed by atoms with Gasteiger partial charge in [-0.05, 0) is 66.3 Å². The molecule has 170 valence electrons. The van der Waals surface area contributed by atoms with Crippen LogP contribution >= 0.6 is 0 Å². The highest BCUT2D eigenvalue weighted by Crippen LogP contribution is 2.67. The van der Waals surface area contributed by atoms with Crippen molar-refractivity contribution in [2.45, 2.75) is 18.3 Å². The van der Waals surface area contributed by atoms with Crippen LogP contribution in [-0.4, -0.2) is 47.8 Å². The molecule has 4 aliphatic rings. The number of piperidine rings is 1. The monoisotopic (exact) mass is 454 g/mol. The lowest BCUT2D eigenvalue weighted by molar-refractivity contribution is 0.0806. The Morgan fingerprint density at radius 1 is 1.18 bits per heavy atom. The number of urea groups is 1. The maximum atomic E-state index is 13.7. The Balaban J connectivity index is 1.28. The fourth-order valence-corrected chi connectivity index (χ4v) is 6.33. The molecule has 1 saturated carbocycles. The highest BCUT2D eigenvalue weighted by atomic mass is 16.5. The smallest absolute Gasteiger partial charge is 0.319 e. The van der Waals surface area contributed by atoms with Crippen LogP contribution in [0.25, 0.3) is 10.9 Å². The van der Waals surface area contributed by atoms with Gasteiger partial charge in [0.15, 0.2) is 5.78 Å². The van der Waals surface area contributed by atoms with Crippen molar-refractivity contribution in [2.75, 3.05) is 25.1 Å². The molecule has 2 aliphatic heterocycles. The number of nitrogens with one attached hydrogen (secondary N) is 1. The third-order valence-electron chi connectivity index (χ3n) is 8.00. The standard InChI is InChI=1S/C26H22N4O4/c1-34-14-2-3-16-18(8-14)26-11-13(26)12-30(23(26)10-22(16)31)24(32)20-9-17-15-6-7-29(25(27)33)21(15)5-4-19(17)28-20/h2-5,8-10,13,28H,6-7,11-12H2,1H3,(H2,27,33)/t13-,26?/m1/s1. The summed E-state index contributed by atoms with van der Waals surface area (Å²) in [5.41, 5.74) is 10.8. The fraction of sp³-hybridized carbons (Fsp3) is 0.269. The number of nitrogens with zero attached hydrogens (tertiary/aromatic N) is 2. The van der Waals surface area contributed by atoms with E-state index in [1.54, 1.807) is 23.0 Å². The summed E-state index contributed by atoms with van der Waals surface area (Å²) in [6.07, 6.45) is 3.26. The van der Waals surface area contributed by atoms with Crippen molar-refractivity contribution in [3.63, 3.8) is 0 Å². The Kier molecular flexibility index (Phi) is 3.59. The molecule has 3 N–H and O–H groups in total. The summed E-state index contributed by atoms with van der Waals surface area (Å²) in [5.74, 6) is 0.780. The number of hydrogen-bond donors (Lipinski definition) is 2. The molecule has 0 radical (unpaired) electrons. The van der Waals surface area contributed by atoms with Gasteiger partial charge in [-0.2, -0.15) is 0 Å². The van der Waals surface area contributed by atoms with E-state index >= 15 is 0 Å². The van der Waals surface area contributed by atoms with Crippen LogP contribution in [0, 0.1) is 5.92 Å². The number of carbonyl (C=O) groups is 3. The van der Waals surface area contributed by atoms with Crippen molar-refractivity contribution in [2.24, 2.45) is 11.7 Å². The summed E-state index contributed by atoms with van der Waals surface area (Å²) in [4.78, 5) is 45.0. The summed E-state index contributed by atoms with van der Waals surface area (Å²) in [6.45, 7) is 1.12. The number of carbonyl (C=O) groups excluding carboxylic acids is 3. The zero-order valence-corrected chi connectivity index (χ0v) is 18.6. The lowest BCUT2D eigenvalue weighted by atomic mass is 9.81. The minimum absolute atomic E-state index is 0.0790. The molecule has 2 fully saturated rings. The number of hydrogen-bond acceptors (Lipinski definition) is 4. The zero-order valence-electron chi connectivity index (χ0n) is 18.6. The van der Waals surface area contributed by atoms with Gasteiger partial charge in [0.2, 0.25) is 0 Å². The number of likely N-dealkylation sites (tertiary alicyclic amines) is 1. The van der Waals surface area contributed by atoms with Gasteiger partial charge in [-0.1, -0.05) is 0 Å². The number of amides is 3. The van der Waals surface area contributed by atoms with Gasteiger partial charge < -0.3 is 20.4 Å². The van der Waals surface area contributed by atoms with Crippen LogP contribution in [0.2, 0.25) is 0 Å². The minimum Gasteiger partial charge on any atom is -0.497 e. The van der Waals surface area contributed by atoms with Crippen LogP contribution in [0.5, 0.6) is 5.75 Å². The van der Waals surface area contributed by atoms with Gasteiger partial charge in [-0.3, -0.25) is 14.5 Å². The molecule has 2 aliphatic carbocycles. The molecule has 1 spiro atoms. The van der Waals surface area contributed by atoms with Crippen LogP contribution < -0.4 is 15.4 Å². The van der Waals surface area contributed by atoms with Crippen molar-refractivity contribution in [3.05, 3.63) is 70.6 Å². The third-order valence-corrected chi connectivity index (χ3v) is 8.00. The molecule has 1 saturated heterocycles. The number of ether oxygens (including phenoxy) is 1. The van der Waals surface area contributed by atoms with Crippen LogP contribution in [-0.2, 0) is 11.8 Å². The molecule has 1 unspecified atom stereocenters. The van der Waals surface area contributed by atoms with Crippen LogP contribution in [0.15, 0.2) is 48.2 Å². The first-order valence-electron chi connectivity index (χ1n) is 11.4. The van der Waals surface area contributed by atoms with E-state index in [-0.39, 0.29) is 17.1 Å². The van der Waals surface area contributed by atoms with Gasteiger partial charge in [0.1, 0.15) is 11.4 Å². The first kappa shape index (κ1) is 19.4. The van der Waals surface area contributed by atoms with Crippen LogP contribution in [0.3, 0.4) is 0 Å². The molecule has 2 atom stereocenters. The van der Waals surface area contributed by atoms with E-state index < -0.39 is 6.03 Å². The third kappa shape index (κ3) is 2.30. The average Bonchev–Trinajstić information content (AvgIpc) is 3.16. The zero-order chi connectivity index (χ0) is 23.4. The number of nitrogens with two attached hydrogens (primary N) is 1. The molecular weight excluding hydrogens is 432 g/mol. The Morgan fingerprint density at radius 2 is 2.03 bits per heavy atom. The molecule has 2 aromatic carbocycles. The topological polar surface area (TPSA) is 109 Å². The molecule has 8 heteroatoms. The number of benzene rings is 2. The Bertz CT molecular complexity index is 1500. The number of aromatic amines is 1. The number of rotatable bonds is 2. The summed E-state index contributed by atoms with van der Waals surface area (Å²) in [7, 11) is 1.62. The number of ketones is 1. The van der Waals surface area contributed by atoms with Crippen molar-refractivity contribution < 1.29 is 19.1 Å². The largest absolute Gasteiger partial charge is 0.497 e. The van der Waals surface area contributed by atoms with E-state index in [4.69, 9.17) is 10.5 Å². The molecule has 34 heavy (non-hydrogen) atoms. The average molecular weight is 454 g/mol. The Labute approximate surface area is 195 Å². The number of primary amides is 1. The van der Waals surface area contributed by atoms with Crippen LogP contribution in [0.4, 0.5) is 10.5 Å². The number of H-pyrrole nitrogens is 1. The second-order valence-electron chi connectivity index (χ2n) is 9.54. The van der Waals surface area contributed by atoms with Gasteiger partial charge in [-0.25, -0.2) is 4.79 Å². The molecule has 0 bridgehead atoms. The second-order valence-corrected chi connectivity index (χ2v) is 9.54. The molecule has 3 aromatic rings. The quantitative estimate of drug-likeness (QED) is 0.620.